The first-order valence-corrected chi connectivity index (χ1v) is 8.18. The van der Waals surface area contributed by atoms with E-state index in [9.17, 15) is 9.90 Å². The van der Waals surface area contributed by atoms with Gasteiger partial charge in [0.1, 0.15) is 5.75 Å². The molecule has 0 radical (unpaired) electrons. The number of hydrogen-bond acceptors (Lipinski definition) is 3. The van der Waals surface area contributed by atoms with E-state index in [0.29, 0.717) is 0 Å². The molecule has 2 atom stereocenters. The van der Waals surface area contributed by atoms with Gasteiger partial charge < -0.3 is 14.7 Å². The van der Waals surface area contributed by atoms with Crippen LogP contribution in [-0.4, -0.2) is 41.1 Å². The number of methoxy groups -OCH3 is 1. The molecule has 5 nitrogen and oxygen atoms in total. The Kier molecular flexibility index (Phi) is 4.65. The fourth-order valence-corrected chi connectivity index (χ4v) is 3.13. The standard InChI is InChI=1S/C20H22N2O3/c1-14-19(16-7-5-4-6-8-16)22(20(24)21(14)2)18(23)13-15-9-11-17(25-3)12-10-15/h4-14,19,23H,1-3H3/b18-13-/t14-,19-/m0/s1. The number of carbonyl (C=O) groups is 1. The molecule has 0 saturated carbocycles. The van der Waals surface area contributed by atoms with E-state index >= 15 is 0 Å². The number of hydrogen-bond donors (Lipinski definition) is 1. The molecule has 1 heterocycles. The number of carbonyl (C=O) groups excluding carboxylic acids is 1. The van der Waals surface area contributed by atoms with Crippen LogP contribution in [-0.2, 0) is 0 Å². The van der Waals surface area contributed by atoms with Crippen LogP contribution in [0.2, 0.25) is 0 Å². The van der Waals surface area contributed by atoms with E-state index in [0.717, 1.165) is 16.9 Å². The van der Waals surface area contributed by atoms with Crippen molar-refractivity contribution >= 4 is 12.1 Å². The average molecular weight is 338 g/mol. The minimum atomic E-state index is -0.242. The van der Waals surface area contributed by atoms with Crippen LogP contribution < -0.4 is 4.74 Å². The molecule has 1 aliphatic heterocycles. The summed E-state index contributed by atoms with van der Waals surface area (Å²) < 4.78 is 5.14. The van der Waals surface area contributed by atoms with Crippen molar-refractivity contribution in [1.29, 1.82) is 0 Å². The van der Waals surface area contributed by atoms with Crippen LogP contribution in [0.5, 0.6) is 5.75 Å². The van der Waals surface area contributed by atoms with E-state index in [1.54, 1.807) is 25.1 Å². The maximum Gasteiger partial charge on any atom is 0.327 e. The summed E-state index contributed by atoms with van der Waals surface area (Å²) in [6.07, 6.45) is 1.60. The fraction of sp³-hybridized carbons (Fsp3) is 0.250. The molecule has 1 fully saturated rings. The van der Waals surface area contributed by atoms with Gasteiger partial charge in [-0.2, -0.15) is 0 Å². The minimum Gasteiger partial charge on any atom is -0.497 e. The number of benzene rings is 2. The van der Waals surface area contributed by atoms with Gasteiger partial charge in [-0.05, 0) is 30.2 Å². The van der Waals surface area contributed by atoms with Gasteiger partial charge in [-0.3, -0.25) is 4.90 Å². The van der Waals surface area contributed by atoms with Crippen molar-refractivity contribution in [2.75, 3.05) is 14.2 Å². The third-order valence-corrected chi connectivity index (χ3v) is 4.65. The van der Waals surface area contributed by atoms with E-state index in [1.807, 2.05) is 61.5 Å². The molecule has 1 N–H and O–H groups in total. The summed E-state index contributed by atoms with van der Waals surface area (Å²) >= 11 is 0. The van der Waals surface area contributed by atoms with Crippen molar-refractivity contribution in [2.24, 2.45) is 0 Å². The van der Waals surface area contributed by atoms with Gasteiger partial charge in [0.2, 0.25) is 0 Å². The second-order valence-electron chi connectivity index (χ2n) is 6.14. The molecular weight excluding hydrogens is 316 g/mol. The van der Waals surface area contributed by atoms with Crippen molar-refractivity contribution in [3.63, 3.8) is 0 Å². The first-order valence-electron chi connectivity index (χ1n) is 8.18. The van der Waals surface area contributed by atoms with Gasteiger partial charge in [0, 0.05) is 13.1 Å². The summed E-state index contributed by atoms with van der Waals surface area (Å²) in [5.74, 6) is 0.671. The minimum absolute atomic E-state index is 0.0543. The third-order valence-electron chi connectivity index (χ3n) is 4.65. The first kappa shape index (κ1) is 16.9. The van der Waals surface area contributed by atoms with Crippen LogP contribution in [0.15, 0.2) is 60.5 Å². The van der Waals surface area contributed by atoms with Gasteiger partial charge >= 0.3 is 6.03 Å². The molecule has 0 unspecified atom stereocenters. The zero-order valence-corrected chi connectivity index (χ0v) is 14.6. The highest BCUT2D eigenvalue weighted by molar-refractivity contribution is 5.80. The zero-order chi connectivity index (χ0) is 18.0. The monoisotopic (exact) mass is 338 g/mol. The highest BCUT2D eigenvalue weighted by Crippen LogP contribution is 2.36. The maximum atomic E-state index is 12.7. The number of aliphatic hydroxyl groups is 1. The van der Waals surface area contributed by atoms with Gasteiger partial charge in [0.05, 0.1) is 19.2 Å². The molecule has 0 spiro atoms. The second kappa shape index (κ2) is 6.89. The topological polar surface area (TPSA) is 53.0 Å². The van der Waals surface area contributed by atoms with E-state index in [4.69, 9.17) is 4.74 Å². The number of rotatable bonds is 4. The predicted molar refractivity (Wildman–Crippen MR) is 97.2 cm³/mol. The molecular formula is C20H22N2O3. The molecule has 0 bridgehead atoms. The van der Waals surface area contributed by atoms with Gasteiger partial charge in [-0.25, -0.2) is 4.79 Å². The number of urea groups is 1. The van der Waals surface area contributed by atoms with E-state index < -0.39 is 0 Å². The van der Waals surface area contributed by atoms with Crippen molar-refractivity contribution in [3.05, 3.63) is 71.6 Å². The SMILES string of the molecule is COc1ccc(/C=C(\O)N2C(=O)N(C)[C@@H](C)[C@H]2c2ccccc2)cc1. The Morgan fingerprint density at radius 3 is 2.36 bits per heavy atom. The molecule has 2 amide bonds. The molecule has 1 saturated heterocycles. The molecule has 5 heteroatoms. The molecule has 25 heavy (non-hydrogen) atoms. The Morgan fingerprint density at radius 2 is 1.76 bits per heavy atom. The lowest BCUT2D eigenvalue weighted by Gasteiger charge is -2.24. The molecule has 0 aliphatic carbocycles. The lowest BCUT2D eigenvalue weighted by Crippen LogP contribution is -2.30. The highest BCUT2D eigenvalue weighted by Gasteiger charge is 2.44. The molecule has 2 aromatic carbocycles. The Balaban J connectivity index is 1.96. The summed E-state index contributed by atoms with van der Waals surface area (Å²) in [6.45, 7) is 1.98. The third kappa shape index (κ3) is 3.18. The van der Waals surface area contributed by atoms with Crippen LogP contribution in [0.3, 0.4) is 0 Å². The molecule has 2 aromatic rings. The van der Waals surface area contributed by atoms with Gasteiger partial charge in [-0.1, -0.05) is 42.5 Å². The first-order chi connectivity index (χ1) is 12.0. The Bertz CT molecular complexity index is 771. The molecule has 130 valence electrons. The summed E-state index contributed by atoms with van der Waals surface area (Å²) in [5.41, 5.74) is 1.78. The van der Waals surface area contributed by atoms with Crippen molar-refractivity contribution in [2.45, 2.75) is 19.0 Å². The zero-order valence-electron chi connectivity index (χ0n) is 14.6. The van der Waals surface area contributed by atoms with Crippen LogP contribution in [0, 0.1) is 0 Å². The van der Waals surface area contributed by atoms with Crippen molar-refractivity contribution in [3.8, 4) is 5.75 Å². The normalized spacial score (nSPS) is 20.9. The van der Waals surface area contributed by atoms with E-state index in [-0.39, 0.29) is 24.0 Å². The van der Waals surface area contributed by atoms with Crippen LogP contribution >= 0.6 is 0 Å². The van der Waals surface area contributed by atoms with Gasteiger partial charge in [-0.15, -0.1) is 0 Å². The lowest BCUT2D eigenvalue weighted by atomic mass is 10.0. The Labute approximate surface area is 147 Å². The number of likely N-dealkylation sites (N-methyl/N-ethyl adjacent to an activating group) is 1. The van der Waals surface area contributed by atoms with Crippen molar-refractivity contribution < 1.29 is 14.6 Å². The molecule has 1 aliphatic rings. The van der Waals surface area contributed by atoms with Gasteiger partial charge in [0.15, 0.2) is 5.88 Å². The van der Waals surface area contributed by atoms with Gasteiger partial charge in [0.25, 0.3) is 0 Å². The number of aliphatic hydroxyl groups excluding tert-OH is 1. The molecule has 3 rings (SSSR count). The lowest BCUT2D eigenvalue weighted by molar-refractivity contribution is 0.175. The summed E-state index contributed by atoms with van der Waals surface area (Å²) in [6, 6.07) is 16.5. The van der Waals surface area contributed by atoms with Crippen molar-refractivity contribution in [1.82, 2.24) is 9.80 Å². The summed E-state index contributed by atoms with van der Waals surface area (Å²) in [5, 5.41) is 10.7. The van der Waals surface area contributed by atoms with Crippen LogP contribution in [0.1, 0.15) is 24.1 Å². The largest absolute Gasteiger partial charge is 0.497 e. The number of nitrogens with zero attached hydrogens (tertiary/aromatic N) is 2. The summed E-state index contributed by atoms with van der Waals surface area (Å²) in [7, 11) is 3.36. The fourth-order valence-electron chi connectivity index (χ4n) is 3.13. The van der Waals surface area contributed by atoms with Crippen LogP contribution in [0.25, 0.3) is 6.08 Å². The van der Waals surface area contributed by atoms with Crippen LogP contribution in [0.4, 0.5) is 4.79 Å². The highest BCUT2D eigenvalue weighted by atomic mass is 16.5. The average Bonchev–Trinajstić information content (AvgIpc) is 2.87. The number of ether oxygens (including phenoxy) is 1. The Morgan fingerprint density at radius 1 is 1.12 bits per heavy atom. The number of amides is 2. The Hall–Kier alpha value is -2.95. The maximum absolute atomic E-state index is 12.7. The summed E-state index contributed by atoms with van der Waals surface area (Å²) in [4.78, 5) is 15.8. The molecule has 0 aromatic heterocycles. The van der Waals surface area contributed by atoms with E-state index in [1.165, 1.54) is 4.90 Å². The quantitative estimate of drug-likeness (QED) is 0.856. The second-order valence-corrected chi connectivity index (χ2v) is 6.14. The smallest absolute Gasteiger partial charge is 0.327 e. The van der Waals surface area contributed by atoms with E-state index in [2.05, 4.69) is 0 Å². The predicted octanol–water partition coefficient (Wildman–Crippen LogP) is 4.05.